The van der Waals surface area contributed by atoms with E-state index >= 15 is 0 Å². The number of benzene rings is 1. The minimum absolute atomic E-state index is 0.199. The lowest BCUT2D eigenvalue weighted by molar-refractivity contribution is -0.137. The second-order valence-corrected chi connectivity index (χ2v) is 7.44. The van der Waals surface area contributed by atoms with Crippen LogP contribution in [0.1, 0.15) is 49.2 Å². The van der Waals surface area contributed by atoms with Gasteiger partial charge in [-0.2, -0.15) is 5.10 Å². The zero-order chi connectivity index (χ0) is 17.9. The molecule has 1 atom stereocenters. The summed E-state index contributed by atoms with van der Waals surface area (Å²) in [4.78, 5) is 23.6. The van der Waals surface area contributed by atoms with Crippen molar-refractivity contribution >= 4 is 27.8 Å². The summed E-state index contributed by atoms with van der Waals surface area (Å²) >= 11 is 3.36. The van der Waals surface area contributed by atoms with Crippen LogP contribution in [-0.4, -0.2) is 26.8 Å². The van der Waals surface area contributed by atoms with Gasteiger partial charge in [-0.25, -0.2) is 0 Å². The highest BCUT2D eigenvalue weighted by atomic mass is 79.9. The first-order valence-electron chi connectivity index (χ1n) is 7.50. The predicted molar refractivity (Wildman–Crippen MR) is 93.8 cm³/mol. The molecule has 1 amide bonds. The zero-order valence-corrected chi connectivity index (χ0v) is 15.4. The Kier molecular flexibility index (Phi) is 5.43. The molecule has 2 aromatic rings. The quantitative estimate of drug-likeness (QED) is 0.815. The van der Waals surface area contributed by atoms with Gasteiger partial charge in [-0.1, -0.05) is 28.1 Å². The van der Waals surface area contributed by atoms with Crippen LogP contribution in [0.5, 0.6) is 0 Å². The number of aliphatic carboxylic acids is 1. The Balaban J connectivity index is 2.21. The third kappa shape index (κ3) is 4.67. The number of amides is 1. The van der Waals surface area contributed by atoms with Crippen LogP contribution in [0.25, 0.3) is 0 Å². The van der Waals surface area contributed by atoms with Crippen LogP contribution in [0.3, 0.4) is 0 Å². The fourth-order valence-corrected chi connectivity index (χ4v) is 2.62. The maximum Gasteiger partial charge on any atom is 0.305 e. The predicted octanol–water partition coefficient (Wildman–Crippen LogP) is 3.35. The van der Waals surface area contributed by atoms with Crippen LogP contribution in [0, 0.1) is 0 Å². The molecule has 2 rings (SSSR count). The number of carboxylic acid groups (broad SMARTS) is 1. The highest BCUT2D eigenvalue weighted by molar-refractivity contribution is 9.10. The average Bonchev–Trinajstić information content (AvgIpc) is 2.96. The van der Waals surface area contributed by atoms with Crippen molar-refractivity contribution < 1.29 is 14.7 Å². The zero-order valence-electron chi connectivity index (χ0n) is 13.8. The number of carbonyl (C=O) groups excluding carboxylic acids is 1. The van der Waals surface area contributed by atoms with Crippen LogP contribution >= 0.6 is 15.9 Å². The lowest BCUT2D eigenvalue weighted by Gasteiger charge is -2.19. The van der Waals surface area contributed by atoms with Gasteiger partial charge in [0.05, 0.1) is 29.8 Å². The number of carbonyl (C=O) groups is 2. The van der Waals surface area contributed by atoms with E-state index in [4.69, 9.17) is 5.11 Å². The van der Waals surface area contributed by atoms with Crippen LogP contribution in [0.15, 0.2) is 41.1 Å². The van der Waals surface area contributed by atoms with E-state index in [1.165, 1.54) is 6.20 Å². The number of hydrogen-bond acceptors (Lipinski definition) is 3. The first kappa shape index (κ1) is 18.2. The van der Waals surface area contributed by atoms with E-state index in [-0.39, 0.29) is 17.9 Å². The van der Waals surface area contributed by atoms with Crippen molar-refractivity contribution in [2.24, 2.45) is 0 Å². The molecule has 0 spiro atoms. The molecule has 0 aliphatic rings. The van der Waals surface area contributed by atoms with Crippen LogP contribution in [0.2, 0.25) is 0 Å². The van der Waals surface area contributed by atoms with Gasteiger partial charge in [0.1, 0.15) is 0 Å². The molecular weight excluding hydrogens is 374 g/mol. The number of halogens is 1. The maximum absolute atomic E-state index is 12.5. The van der Waals surface area contributed by atoms with E-state index in [1.807, 2.05) is 26.8 Å². The van der Waals surface area contributed by atoms with Gasteiger partial charge in [-0.05, 0) is 38.5 Å². The molecule has 1 heterocycles. The van der Waals surface area contributed by atoms with Gasteiger partial charge in [0, 0.05) is 10.7 Å². The van der Waals surface area contributed by atoms with E-state index in [1.54, 1.807) is 29.1 Å². The molecule has 0 fully saturated rings. The van der Waals surface area contributed by atoms with Crippen molar-refractivity contribution in [2.45, 2.75) is 38.8 Å². The van der Waals surface area contributed by atoms with Crippen molar-refractivity contribution in [1.82, 2.24) is 15.1 Å². The molecule has 0 aliphatic heterocycles. The molecule has 6 nitrogen and oxygen atoms in total. The molecule has 128 valence electrons. The molecule has 2 N–H and O–H groups in total. The summed E-state index contributed by atoms with van der Waals surface area (Å²) in [6, 6.07) is 6.61. The Morgan fingerprint density at radius 2 is 2.08 bits per heavy atom. The number of hydrogen-bond donors (Lipinski definition) is 2. The summed E-state index contributed by atoms with van der Waals surface area (Å²) < 4.78 is 2.53. The largest absolute Gasteiger partial charge is 0.481 e. The van der Waals surface area contributed by atoms with Gasteiger partial charge in [0.25, 0.3) is 5.91 Å². The first-order chi connectivity index (χ1) is 11.2. The first-order valence-corrected chi connectivity index (χ1v) is 8.29. The highest BCUT2D eigenvalue weighted by Crippen LogP contribution is 2.22. The number of nitrogens with zero attached hydrogens (tertiary/aromatic N) is 2. The van der Waals surface area contributed by atoms with E-state index in [0.717, 1.165) is 10.0 Å². The van der Waals surface area contributed by atoms with Gasteiger partial charge in [0.2, 0.25) is 0 Å². The Labute approximate surface area is 149 Å². The molecule has 0 radical (unpaired) electrons. The van der Waals surface area contributed by atoms with Crippen LogP contribution in [0.4, 0.5) is 0 Å². The van der Waals surface area contributed by atoms with Gasteiger partial charge in [0.15, 0.2) is 0 Å². The Morgan fingerprint density at radius 3 is 2.62 bits per heavy atom. The summed E-state index contributed by atoms with van der Waals surface area (Å²) in [7, 11) is 0. The smallest absolute Gasteiger partial charge is 0.305 e. The minimum Gasteiger partial charge on any atom is -0.481 e. The van der Waals surface area contributed by atoms with E-state index in [0.29, 0.717) is 5.56 Å². The lowest BCUT2D eigenvalue weighted by atomic mass is 10.0. The molecular formula is C17H20BrN3O3. The molecule has 0 aliphatic carbocycles. The molecule has 1 aromatic heterocycles. The fourth-order valence-electron chi connectivity index (χ4n) is 2.20. The number of aromatic nitrogens is 2. The molecule has 7 heteroatoms. The molecule has 0 saturated carbocycles. The molecule has 0 bridgehead atoms. The van der Waals surface area contributed by atoms with Gasteiger partial charge in [-0.15, -0.1) is 0 Å². The Morgan fingerprint density at radius 1 is 1.38 bits per heavy atom. The summed E-state index contributed by atoms with van der Waals surface area (Å²) in [5.41, 5.74) is 0.891. The normalized spacial score (nSPS) is 12.7. The van der Waals surface area contributed by atoms with Gasteiger partial charge < -0.3 is 10.4 Å². The minimum atomic E-state index is -0.981. The van der Waals surface area contributed by atoms with Crippen molar-refractivity contribution in [2.75, 3.05) is 0 Å². The van der Waals surface area contributed by atoms with Crippen molar-refractivity contribution in [3.8, 4) is 0 Å². The Hall–Kier alpha value is -2.15. The van der Waals surface area contributed by atoms with E-state index < -0.39 is 12.0 Å². The monoisotopic (exact) mass is 393 g/mol. The topological polar surface area (TPSA) is 84.2 Å². The third-order valence-electron chi connectivity index (χ3n) is 3.47. The van der Waals surface area contributed by atoms with E-state index in [9.17, 15) is 9.59 Å². The molecule has 0 saturated heterocycles. The second kappa shape index (κ2) is 7.17. The number of carboxylic acids is 1. The Bertz CT molecular complexity index is 750. The lowest BCUT2D eigenvalue weighted by Crippen LogP contribution is -2.30. The van der Waals surface area contributed by atoms with Crippen molar-refractivity contribution in [1.29, 1.82) is 0 Å². The molecule has 1 unspecified atom stereocenters. The number of rotatable bonds is 5. The van der Waals surface area contributed by atoms with Gasteiger partial charge in [-0.3, -0.25) is 14.3 Å². The maximum atomic E-state index is 12.5. The average molecular weight is 394 g/mol. The second-order valence-electron chi connectivity index (χ2n) is 6.52. The van der Waals surface area contributed by atoms with Crippen molar-refractivity contribution in [3.05, 3.63) is 52.3 Å². The summed E-state index contributed by atoms with van der Waals surface area (Å²) in [5.74, 6) is -1.33. The van der Waals surface area contributed by atoms with Gasteiger partial charge >= 0.3 is 5.97 Å². The standard InChI is InChI=1S/C17H20BrN3O3/c1-17(2,3)21-10-12(9-19-21)16(24)20-14(8-15(22)23)11-5-4-6-13(18)7-11/h4-7,9-10,14H,8H2,1-3H3,(H,20,24)(H,22,23). The van der Waals surface area contributed by atoms with E-state index in [2.05, 4.69) is 26.3 Å². The fraction of sp³-hybridized carbons (Fsp3) is 0.353. The summed E-state index contributed by atoms with van der Waals surface area (Å²) in [6.45, 7) is 5.95. The summed E-state index contributed by atoms with van der Waals surface area (Å²) in [5, 5.41) is 16.1. The highest BCUT2D eigenvalue weighted by Gasteiger charge is 2.21. The third-order valence-corrected chi connectivity index (χ3v) is 3.96. The number of nitrogens with one attached hydrogen (secondary N) is 1. The van der Waals surface area contributed by atoms with Crippen LogP contribution in [-0.2, 0) is 10.3 Å². The summed E-state index contributed by atoms with van der Waals surface area (Å²) in [6.07, 6.45) is 2.95. The van der Waals surface area contributed by atoms with Crippen molar-refractivity contribution in [3.63, 3.8) is 0 Å². The van der Waals surface area contributed by atoms with Crippen LogP contribution < -0.4 is 5.32 Å². The SMILES string of the molecule is CC(C)(C)n1cc(C(=O)NC(CC(=O)O)c2cccc(Br)c2)cn1. The molecule has 24 heavy (non-hydrogen) atoms. The molecule has 1 aromatic carbocycles.